The van der Waals surface area contributed by atoms with Gasteiger partial charge in [-0.05, 0) is 37.6 Å². The Morgan fingerprint density at radius 2 is 2.13 bits per heavy atom. The Balaban J connectivity index is 2.17. The fourth-order valence-electron chi connectivity index (χ4n) is 2.29. The molecule has 0 aliphatic carbocycles. The van der Waals surface area contributed by atoms with Crippen LogP contribution in [0.1, 0.15) is 26.3 Å². The Morgan fingerprint density at radius 1 is 1.30 bits per heavy atom. The summed E-state index contributed by atoms with van der Waals surface area (Å²) in [6, 6.07) is 7.26. The average Bonchev–Trinajstić information content (AvgIpc) is 3.18. The number of halogens is 2. The molecule has 0 saturated carbocycles. The smallest absolute Gasteiger partial charge is 0.190 e. The van der Waals surface area contributed by atoms with Gasteiger partial charge in [0.15, 0.2) is 16.4 Å². The van der Waals surface area contributed by atoms with Gasteiger partial charge in [-0.25, -0.2) is 13.8 Å². The van der Waals surface area contributed by atoms with Crippen molar-refractivity contribution in [2.45, 2.75) is 26.3 Å². The summed E-state index contributed by atoms with van der Waals surface area (Å²) in [6.45, 7) is 4.14. The summed E-state index contributed by atoms with van der Waals surface area (Å²) in [5.74, 6) is -0.546. The molecule has 0 amide bonds. The number of benzene rings is 1. The number of nitrogens with zero attached hydrogens (tertiary/aromatic N) is 2. The minimum Gasteiger partial charge on any atom is -0.463 e. The zero-order chi connectivity index (χ0) is 16.4. The van der Waals surface area contributed by atoms with Crippen LogP contribution in [0.25, 0.3) is 11.5 Å². The first-order valence-electron chi connectivity index (χ1n) is 7.33. The van der Waals surface area contributed by atoms with Gasteiger partial charge in [-0.15, -0.1) is 11.3 Å². The maximum Gasteiger partial charge on any atom is 0.190 e. The van der Waals surface area contributed by atoms with E-state index < -0.39 is 11.6 Å². The molecule has 6 heteroatoms. The molecule has 23 heavy (non-hydrogen) atoms. The van der Waals surface area contributed by atoms with Gasteiger partial charge in [0, 0.05) is 17.5 Å². The number of furan rings is 1. The number of thiazole rings is 1. The van der Waals surface area contributed by atoms with Crippen LogP contribution in [0.4, 0.5) is 14.5 Å². The Kier molecular flexibility index (Phi) is 4.43. The molecule has 0 aliphatic rings. The maximum absolute atomic E-state index is 13.9. The lowest BCUT2D eigenvalue weighted by Crippen LogP contribution is -2.19. The second-order valence-electron chi connectivity index (χ2n) is 5.22. The van der Waals surface area contributed by atoms with Crippen molar-refractivity contribution in [1.29, 1.82) is 0 Å². The van der Waals surface area contributed by atoms with Gasteiger partial charge in [0.2, 0.25) is 0 Å². The summed E-state index contributed by atoms with van der Waals surface area (Å²) in [6.07, 6.45) is 2.51. The second-order valence-corrected chi connectivity index (χ2v) is 6.05. The number of hydrogen-bond acceptors (Lipinski definition) is 3. The third-order valence-corrected chi connectivity index (χ3v) is 4.51. The molecule has 0 spiro atoms. The van der Waals surface area contributed by atoms with E-state index in [2.05, 4.69) is 18.8 Å². The van der Waals surface area contributed by atoms with E-state index in [4.69, 9.17) is 4.42 Å². The molecule has 1 unspecified atom stereocenters. The highest BCUT2D eigenvalue weighted by Crippen LogP contribution is 2.26. The zero-order valence-electron chi connectivity index (χ0n) is 12.8. The SMILES string of the molecule is CCC(C)n1c(-c2ccco2)csc1=Nc1ccc(F)cc1F. The molecule has 0 saturated heterocycles. The van der Waals surface area contributed by atoms with Crippen molar-refractivity contribution in [2.75, 3.05) is 0 Å². The number of aromatic nitrogens is 1. The molecule has 1 atom stereocenters. The van der Waals surface area contributed by atoms with Gasteiger partial charge in [-0.3, -0.25) is 0 Å². The van der Waals surface area contributed by atoms with Crippen molar-refractivity contribution >= 4 is 17.0 Å². The normalized spacial score (nSPS) is 13.5. The quantitative estimate of drug-likeness (QED) is 0.637. The van der Waals surface area contributed by atoms with Crippen LogP contribution in [0.5, 0.6) is 0 Å². The average molecular weight is 334 g/mol. The molecule has 2 heterocycles. The molecule has 0 aliphatic heterocycles. The topological polar surface area (TPSA) is 30.4 Å². The molecule has 0 bridgehead atoms. The Bertz CT molecular complexity index is 865. The molecular formula is C17H16F2N2OS. The summed E-state index contributed by atoms with van der Waals surface area (Å²) < 4.78 is 34.4. The summed E-state index contributed by atoms with van der Waals surface area (Å²) in [7, 11) is 0. The van der Waals surface area contributed by atoms with Gasteiger partial charge < -0.3 is 8.98 Å². The Labute approximate surface area is 136 Å². The van der Waals surface area contributed by atoms with Crippen molar-refractivity contribution in [3.05, 3.63) is 58.4 Å². The van der Waals surface area contributed by atoms with Crippen molar-refractivity contribution in [1.82, 2.24) is 4.57 Å². The Hall–Kier alpha value is -2.21. The molecule has 0 fully saturated rings. The predicted molar refractivity (Wildman–Crippen MR) is 86.6 cm³/mol. The van der Waals surface area contributed by atoms with E-state index in [9.17, 15) is 8.78 Å². The van der Waals surface area contributed by atoms with Crippen LogP contribution in [-0.2, 0) is 0 Å². The van der Waals surface area contributed by atoms with Gasteiger partial charge in [0.1, 0.15) is 11.5 Å². The summed E-state index contributed by atoms with van der Waals surface area (Å²) in [5, 5.41) is 1.94. The van der Waals surface area contributed by atoms with Crippen molar-refractivity contribution in [3.8, 4) is 11.5 Å². The van der Waals surface area contributed by atoms with Gasteiger partial charge in [-0.1, -0.05) is 6.92 Å². The van der Waals surface area contributed by atoms with E-state index in [0.717, 1.165) is 23.9 Å². The number of rotatable bonds is 4. The van der Waals surface area contributed by atoms with Crippen LogP contribution in [-0.4, -0.2) is 4.57 Å². The lowest BCUT2D eigenvalue weighted by Gasteiger charge is -2.14. The van der Waals surface area contributed by atoms with E-state index in [0.29, 0.717) is 4.80 Å². The first-order chi connectivity index (χ1) is 11.1. The third-order valence-electron chi connectivity index (χ3n) is 3.67. The monoisotopic (exact) mass is 334 g/mol. The molecule has 0 N–H and O–H groups in total. The van der Waals surface area contributed by atoms with Crippen LogP contribution in [0.2, 0.25) is 0 Å². The highest BCUT2D eigenvalue weighted by atomic mass is 32.1. The Morgan fingerprint density at radius 3 is 2.78 bits per heavy atom. The van der Waals surface area contributed by atoms with Crippen molar-refractivity contribution in [2.24, 2.45) is 4.99 Å². The van der Waals surface area contributed by atoms with E-state index >= 15 is 0 Å². The third kappa shape index (κ3) is 3.12. The lowest BCUT2D eigenvalue weighted by atomic mass is 10.2. The largest absolute Gasteiger partial charge is 0.463 e. The standard InChI is InChI=1S/C17H16F2N2OS/c1-3-11(2)21-15(16-5-4-8-22-16)10-23-17(21)20-14-7-6-12(18)9-13(14)19/h4-11H,3H2,1-2H3. The van der Waals surface area contributed by atoms with E-state index in [1.54, 1.807) is 6.26 Å². The van der Waals surface area contributed by atoms with E-state index in [1.165, 1.54) is 23.5 Å². The molecule has 3 nitrogen and oxygen atoms in total. The molecule has 0 radical (unpaired) electrons. The van der Waals surface area contributed by atoms with Crippen LogP contribution in [0.3, 0.4) is 0 Å². The molecule has 3 aromatic rings. The molecule has 1 aromatic carbocycles. The highest BCUT2D eigenvalue weighted by molar-refractivity contribution is 7.07. The first-order valence-corrected chi connectivity index (χ1v) is 8.21. The second kappa shape index (κ2) is 6.50. The minimum absolute atomic E-state index is 0.122. The van der Waals surface area contributed by atoms with E-state index in [1.807, 2.05) is 22.1 Å². The molecule has 120 valence electrons. The molecule has 3 rings (SSSR count). The zero-order valence-corrected chi connectivity index (χ0v) is 13.6. The van der Waals surface area contributed by atoms with Crippen LogP contribution < -0.4 is 4.80 Å². The number of hydrogen-bond donors (Lipinski definition) is 0. The molecular weight excluding hydrogens is 318 g/mol. The van der Waals surface area contributed by atoms with Crippen LogP contribution in [0, 0.1) is 11.6 Å². The summed E-state index contributed by atoms with van der Waals surface area (Å²) in [5.41, 5.74) is 1.02. The highest BCUT2D eigenvalue weighted by Gasteiger charge is 2.15. The van der Waals surface area contributed by atoms with Gasteiger partial charge in [-0.2, -0.15) is 0 Å². The van der Waals surface area contributed by atoms with Crippen molar-refractivity contribution in [3.63, 3.8) is 0 Å². The predicted octanol–water partition coefficient (Wildman–Crippen LogP) is 5.29. The van der Waals surface area contributed by atoms with Gasteiger partial charge in [0.05, 0.1) is 12.0 Å². The fraction of sp³-hybridized carbons (Fsp3) is 0.235. The van der Waals surface area contributed by atoms with Gasteiger partial charge >= 0.3 is 0 Å². The maximum atomic E-state index is 13.9. The van der Waals surface area contributed by atoms with Crippen molar-refractivity contribution < 1.29 is 13.2 Å². The minimum atomic E-state index is -0.673. The first kappa shape index (κ1) is 15.7. The summed E-state index contributed by atoms with van der Waals surface area (Å²) >= 11 is 1.40. The summed E-state index contributed by atoms with van der Waals surface area (Å²) in [4.78, 5) is 5.03. The van der Waals surface area contributed by atoms with Crippen LogP contribution >= 0.6 is 11.3 Å². The fourth-order valence-corrected chi connectivity index (χ4v) is 3.28. The molecule has 2 aromatic heterocycles. The van der Waals surface area contributed by atoms with Gasteiger partial charge in [0.25, 0.3) is 0 Å². The van der Waals surface area contributed by atoms with E-state index in [-0.39, 0.29) is 11.7 Å². The van der Waals surface area contributed by atoms with Crippen LogP contribution in [0.15, 0.2) is 51.4 Å². The lowest BCUT2D eigenvalue weighted by molar-refractivity contribution is 0.508.